The zero-order valence-corrected chi connectivity index (χ0v) is 16.6. The summed E-state index contributed by atoms with van der Waals surface area (Å²) in [5.74, 6) is 0.0794. The second kappa shape index (κ2) is 9.48. The number of amides is 1. The van der Waals surface area contributed by atoms with E-state index < -0.39 is 0 Å². The average molecular weight is 383 g/mol. The summed E-state index contributed by atoms with van der Waals surface area (Å²) < 4.78 is 1.99. The molecular formula is C21H26N4OS. The summed E-state index contributed by atoms with van der Waals surface area (Å²) in [6.45, 7) is 6.03. The zero-order valence-electron chi connectivity index (χ0n) is 15.8. The zero-order chi connectivity index (χ0) is 19.1. The highest BCUT2D eigenvalue weighted by Gasteiger charge is 2.12. The van der Waals surface area contributed by atoms with Crippen LogP contribution in [0.5, 0.6) is 0 Å². The summed E-state index contributed by atoms with van der Waals surface area (Å²) >= 11 is 1.69. The van der Waals surface area contributed by atoms with Gasteiger partial charge in [0.05, 0.1) is 11.4 Å². The fourth-order valence-corrected chi connectivity index (χ4v) is 3.63. The predicted molar refractivity (Wildman–Crippen MR) is 111 cm³/mol. The number of nitrogens with one attached hydrogen (secondary N) is 2. The van der Waals surface area contributed by atoms with Crippen LogP contribution in [0.1, 0.15) is 31.4 Å². The average Bonchev–Trinajstić information content (AvgIpc) is 3.28. The number of carbonyl (C=O) groups is 1. The Kier molecular flexibility index (Phi) is 6.79. The minimum Gasteiger partial charge on any atom is -0.354 e. The van der Waals surface area contributed by atoms with Crippen molar-refractivity contribution in [1.82, 2.24) is 20.4 Å². The van der Waals surface area contributed by atoms with Crippen molar-refractivity contribution in [2.45, 2.75) is 39.4 Å². The molecule has 2 heterocycles. The van der Waals surface area contributed by atoms with Gasteiger partial charge in [-0.1, -0.05) is 36.4 Å². The second-order valence-electron chi connectivity index (χ2n) is 6.81. The van der Waals surface area contributed by atoms with E-state index in [0.717, 1.165) is 22.7 Å². The molecule has 0 radical (unpaired) electrons. The lowest BCUT2D eigenvalue weighted by atomic mass is 10.2. The molecule has 0 fully saturated rings. The van der Waals surface area contributed by atoms with E-state index in [1.165, 1.54) is 5.56 Å². The third-order valence-electron chi connectivity index (χ3n) is 4.07. The van der Waals surface area contributed by atoms with Crippen molar-refractivity contribution in [3.8, 4) is 10.6 Å². The van der Waals surface area contributed by atoms with E-state index in [2.05, 4.69) is 40.4 Å². The molecule has 0 spiro atoms. The molecule has 0 aliphatic rings. The third kappa shape index (κ3) is 5.77. The van der Waals surface area contributed by atoms with E-state index >= 15 is 0 Å². The van der Waals surface area contributed by atoms with E-state index in [9.17, 15) is 4.79 Å². The number of thiophene rings is 1. The summed E-state index contributed by atoms with van der Waals surface area (Å²) in [4.78, 5) is 12.9. The lowest BCUT2D eigenvalue weighted by molar-refractivity contribution is -0.121. The molecular weight excluding hydrogens is 356 g/mol. The Hall–Kier alpha value is -2.44. The maximum absolute atomic E-state index is 11.8. The van der Waals surface area contributed by atoms with E-state index in [0.29, 0.717) is 19.5 Å². The lowest BCUT2D eigenvalue weighted by Crippen LogP contribution is -2.32. The highest BCUT2D eigenvalue weighted by atomic mass is 32.1. The van der Waals surface area contributed by atoms with Gasteiger partial charge in [0.15, 0.2) is 0 Å². The molecule has 3 rings (SSSR count). The smallest absolute Gasteiger partial charge is 0.221 e. The van der Waals surface area contributed by atoms with Gasteiger partial charge in [0.1, 0.15) is 5.69 Å². The van der Waals surface area contributed by atoms with Crippen LogP contribution in [0.3, 0.4) is 0 Å². The molecule has 0 unspecified atom stereocenters. The van der Waals surface area contributed by atoms with Gasteiger partial charge in [-0.2, -0.15) is 5.10 Å². The normalized spacial score (nSPS) is 11.1. The molecule has 0 aliphatic carbocycles. The molecule has 0 aliphatic heterocycles. The topological polar surface area (TPSA) is 59.0 Å². The summed E-state index contributed by atoms with van der Waals surface area (Å²) in [6, 6.07) is 14.7. The fourth-order valence-electron chi connectivity index (χ4n) is 2.88. The van der Waals surface area contributed by atoms with Gasteiger partial charge < -0.3 is 10.6 Å². The SMILES string of the molecule is CC(C)NC(=O)CCNCc1cn(Cc2ccccc2)nc1-c1cccs1. The molecule has 1 amide bonds. The summed E-state index contributed by atoms with van der Waals surface area (Å²) in [6.07, 6.45) is 2.58. The van der Waals surface area contributed by atoms with Crippen LogP contribution < -0.4 is 10.6 Å². The van der Waals surface area contributed by atoms with Crippen LogP contribution in [0.25, 0.3) is 10.6 Å². The van der Waals surface area contributed by atoms with Crippen LogP contribution in [-0.4, -0.2) is 28.3 Å². The van der Waals surface area contributed by atoms with Crippen molar-refractivity contribution in [1.29, 1.82) is 0 Å². The second-order valence-corrected chi connectivity index (χ2v) is 7.76. The Labute approximate surface area is 164 Å². The van der Waals surface area contributed by atoms with Gasteiger partial charge in [-0.05, 0) is 30.9 Å². The van der Waals surface area contributed by atoms with E-state index in [4.69, 9.17) is 5.10 Å². The Bertz CT molecular complexity index is 840. The van der Waals surface area contributed by atoms with Crippen molar-refractivity contribution in [3.63, 3.8) is 0 Å². The Morgan fingerprint density at radius 2 is 2.00 bits per heavy atom. The van der Waals surface area contributed by atoms with E-state index in [-0.39, 0.29) is 11.9 Å². The number of hydrogen-bond donors (Lipinski definition) is 2. The largest absolute Gasteiger partial charge is 0.354 e. The molecule has 2 aromatic heterocycles. The van der Waals surface area contributed by atoms with E-state index in [1.54, 1.807) is 11.3 Å². The lowest BCUT2D eigenvalue weighted by Gasteiger charge is -2.08. The van der Waals surface area contributed by atoms with Gasteiger partial charge in [-0.3, -0.25) is 9.48 Å². The van der Waals surface area contributed by atoms with Crippen LogP contribution in [0.2, 0.25) is 0 Å². The van der Waals surface area contributed by atoms with Crippen molar-refractivity contribution in [2.75, 3.05) is 6.54 Å². The summed E-state index contributed by atoms with van der Waals surface area (Å²) in [5.41, 5.74) is 3.39. The van der Waals surface area contributed by atoms with Crippen LogP contribution in [0.15, 0.2) is 54.0 Å². The first kappa shape index (κ1) is 19.3. The highest BCUT2D eigenvalue weighted by Crippen LogP contribution is 2.26. The van der Waals surface area contributed by atoms with Crippen molar-refractivity contribution in [2.24, 2.45) is 0 Å². The minimum absolute atomic E-state index is 0.0794. The predicted octanol–water partition coefficient (Wildman–Crippen LogP) is 3.66. The first-order valence-electron chi connectivity index (χ1n) is 9.26. The van der Waals surface area contributed by atoms with Gasteiger partial charge in [0, 0.05) is 37.3 Å². The molecule has 5 nitrogen and oxygen atoms in total. The number of aromatic nitrogens is 2. The van der Waals surface area contributed by atoms with Gasteiger partial charge in [0.25, 0.3) is 0 Å². The molecule has 3 aromatic rings. The summed E-state index contributed by atoms with van der Waals surface area (Å²) in [7, 11) is 0. The molecule has 2 N–H and O–H groups in total. The maximum atomic E-state index is 11.8. The number of hydrogen-bond acceptors (Lipinski definition) is 4. The molecule has 0 atom stereocenters. The Morgan fingerprint density at radius 1 is 1.19 bits per heavy atom. The quantitative estimate of drug-likeness (QED) is 0.555. The number of benzene rings is 1. The molecule has 142 valence electrons. The summed E-state index contributed by atoms with van der Waals surface area (Å²) in [5, 5.41) is 13.2. The molecule has 0 saturated heterocycles. The Morgan fingerprint density at radius 3 is 2.70 bits per heavy atom. The maximum Gasteiger partial charge on any atom is 0.221 e. The molecule has 0 saturated carbocycles. The van der Waals surface area contributed by atoms with Crippen molar-refractivity contribution < 1.29 is 4.79 Å². The number of carbonyl (C=O) groups excluding carboxylic acids is 1. The minimum atomic E-state index is 0.0794. The number of nitrogens with zero attached hydrogens (tertiary/aromatic N) is 2. The van der Waals surface area contributed by atoms with E-state index in [1.807, 2.05) is 42.8 Å². The molecule has 1 aromatic carbocycles. The van der Waals surface area contributed by atoms with Gasteiger partial charge in [-0.15, -0.1) is 11.3 Å². The van der Waals surface area contributed by atoms with Crippen molar-refractivity contribution in [3.05, 3.63) is 65.2 Å². The van der Waals surface area contributed by atoms with Crippen molar-refractivity contribution >= 4 is 17.2 Å². The van der Waals surface area contributed by atoms with Gasteiger partial charge >= 0.3 is 0 Å². The standard InChI is InChI=1S/C21H26N4OS/c1-16(2)23-20(26)10-11-22-13-18-15-25(14-17-7-4-3-5-8-17)24-21(18)19-9-6-12-27-19/h3-9,12,15-16,22H,10-11,13-14H2,1-2H3,(H,23,26). The highest BCUT2D eigenvalue weighted by molar-refractivity contribution is 7.13. The van der Waals surface area contributed by atoms with Crippen LogP contribution in [0.4, 0.5) is 0 Å². The van der Waals surface area contributed by atoms with Crippen LogP contribution in [0, 0.1) is 0 Å². The molecule has 27 heavy (non-hydrogen) atoms. The van der Waals surface area contributed by atoms with Gasteiger partial charge in [-0.25, -0.2) is 0 Å². The monoisotopic (exact) mass is 382 g/mol. The third-order valence-corrected chi connectivity index (χ3v) is 4.95. The fraction of sp³-hybridized carbons (Fsp3) is 0.333. The first-order valence-corrected chi connectivity index (χ1v) is 10.1. The molecule has 0 bridgehead atoms. The Balaban J connectivity index is 1.65. The van der Waals surface area contributed by atoms with Gasteiger partial charge in [0.2, 0.25) is 5.91 Å². The number of rotatable bonds is 9. The van der Waals surface area contributed by atoms with Crippen LogP contribution in [-0.2, 0) is 17.9 Å². The molecule has 6 heteroatoms. The van der Waals surface area contributed by atoms with Crippen LogP contribution >= 0.6 is 11.3 Å². The first-order chi connectivity index (χ1) is 13.1.